The number of para-hydroxylation sites is 1. The smallest absolute Gasteiger partial charge is 0.200 e. The summed E-state index contributed by atoms with van der Waals surface area (Å²) in [5, 5.41) is 4.31. The molecule has 0 unspecified atom stereocenters. The fraction of sp³-hybridized carbons (Fsp3) is 0.444. The Morgan fingerprint density at radius 1 is 1.03 bits per heavy atom. The number of piperidine rings is 1. The van der Waals surface area contributed by atoms with Crippen molar-refractivity contribution < 1.29 is 13.9 Å². The summed E-state index contributed by atoms with van der Waals surface area (Å²) in [4.78, 5) is 15.8. The summed E-state index contributed by atoms with van der Waals surface area (Å²) in [6.07, 6.45) is 3.61. The van der Waals surface area contributed by atoms with Crippen molar-refractivity contribution in [2.75, 3.05) is 13.8 Å². The molecule has 33 heavy (non-hydrogen) atoms. The van der Waals surface area contributed by atoms with Gasteiger partial charge in [-0.1, -0.05) is 18.2 Å². The lowest BCUT2D eigenvalue weighted by Crippen LogP contribution is -2.62. The van der Waals surface area contributed by atoms with Gasteiger partial charge in [0.25, 0.3) is 0 Å². The van der Waals surface area contributed by atoms with Gasteiger partial charge in [-0.3, -0.25) is 9.69 Å². The van der Waals surface area contributed by atoms with E-state index in [4.69, 9.17) is 13.9 Å². The Bertz CT molecular complexity index is 1240. The lowest BCUT2D eigenvalue weighted by molar-refractivity contribution is 0.00318. The van der Waals surface area contributed by atoms with Gasteiger partial charge in [0.05, 0.1) is 23.6 Å². The Hall–Kier alpha value is -2.83. The Balaban J connectivity index is 1.53. The topological polar surface area (TPSA) is 63.9 Å². The molecule has 3 aromatic rings. The van der Waals surface area contributed by atoms with Crippen LogP contribution in [0, 0.1) is 0 Å². The summed E-state index contributed by atoms with van der Waals surface area (Å²) in [6.45, 7) is 10.3. The second-order valence-electron chi connectivity index (χ2n) is 10.6. The number of nitrogens with zero attached hydrogens (tertiary/aromatic N) is 1. The van der Waals surface area contributed by atoms with Crippen molar-refractivity contribution in [1.29, 1.82) is 0 Å². The largest absolute Gasteiger partial charge is 0.496 e. The minimum absolute atomic E-state index is 0.0433. The van der Waals surface area contributed by atoms with Gasteiger partial charge in [0.1, 0.15) is 30.1 Å². The number of hydrogen-bond acceptors (Lipinski definition) is 6. The second-order valence-corrected chi connectivity index (χ2v) is 10.6. The van der Waals surface area contributed by atoms with E-state index in [2.05, 4.69) is 37.9 Å². The molecule has 6 nitrogen and oxygen atoms in total. The molecule has 1 aromatic heterocycles. The van der Waals surface area contributed by atoms with Gasteiger partial charge < -0.3 is 19.2 Å². The SMILES string of the molecule is COc1ccccc1-c1coc2c3c(ccc2c1=O)OCN(C1CC(C)(C)NC(C)(C)C1)C3. The van der Waals surface area contributed by atoms with E-state index in [0.29, 0.717) is 41.6 Å². The van der Waals surface area contributed by atoms with E-state index < -0.39 is 0 Å². The molecule has 2 aliphatic heterocycles. The number of fused-ring (bicyclic) bond motifs is 3. The normalized spacial score (nSPS) is 20.3. The minimum atomic E-state index is -0.0650. The van der Waals surface area contributed by atoms with Gasteiger partial charge in [0.2, 0.25) is 5.43 Å². The average Bonchev–Trinajstić information content (AvgIpc) is 2.77. The quantitative estimate of drug-likeness (QED) is 0.613. The zero-order valence-electron chi connectivity index (χ0n) is 20.0. The van der Waals surface area contributed by atoms with E-state index in [1.807, 2.05) is 36.4 Å². The lowest BCUT2D eigenvalue weighted by atomic mass is 9.79. The van der Waals surface area contributed by atoms with Crippen LogP contribution in [0.15, 0.2) is 51.9 Å². The van der Waals surface area contributed by atoms with Crippen LogP contribution in [0.4, 0.5) is 0 Å². The van der Waals surface area contributed by atoms with Crippen molar-refractivity contribution in [3.8, 4) is 22.6 Å². The summed E-state index contributed by atoms with van der Waals surface area (Å²) in [6, 6.07) is 11.6. The zero-order valence-corrected chi connectivity index (χ0v) is 20.0. The number of hydrogen-bond donors (Lipinski definition) is 1. The first-order chi connectivity index (χ1) is 15.7. The molecule has 2 aliphatic rings. The Morgan fingerprint density at radius 3 is 2.48 bits per heavy atom. The number of methoxy groups -OCH3 is 1. The first-order valence-corrected chi connectivity index (χ1v) is 11.5. The molecular weight excluding hydrogens is 416 g/mol. The predicted molar refractivity (Wildman–Crippen MR) is 130 cm³/mol. The maximum Gasteiger partial charge on any atom is 0.200 e. The van der Waals surface area contributed by atoms with Crippen molar-refractivity contribution in [1.82, 2.24) is 10.2 Å². The molecule has 0 aliphatic carbocycles. The Morgan fingerprint density at radius 2 is 1.76 bits per heavy atom. The van der Waals surface area contributed by atoms with Gasteiger partial charge in [0.15, 0.2) is 0 Å². The summed E-state index contributed by atoms with van der Waals surface area (Å²) >= 11 is 0. The number of benzene rings is 2. The van der Waals surface area contributed by atoms with Crippen molar-refractivity contribution >= 4 is 11.0 Å². The molecule has 3 heterocycles. The highest BCUT2D eigenvalue weighted by Gasteiger charge is 2.41. The van der Waals surface area contributed by atoms with Crippen LogP contribution >= 0.6 is 0 Å². The van der Waals surface area contributed by atoms with E-state index in [1.54, 1.807) is 13.4 Å². The van der Waals surface area contributed by atoms with E-state index in [0.717, 1.165) is 29.7 Å². The molecule has 1 fully saturated rings. The summed E-state index contributed by atoms with van der Waals surface area (Å²) in [7, 11) is 1.60. The van der Waals surface area contributed by atoms with Crippen LogP contribution in [-0.4, -0.2) is 35.9 Å². The van der Waals surface area contributed by atoms with E-state index in [9.17, 15) is 4.79 Å². The molecule has 174 valence electrons. The highest BCUT2D eigenvalue weighted by atomic mass is 16.5. The highest BCUT2D eigenvalue weighted by Crippen LogP contribution is 2.38. The Kier molecular flexibility index (Phi) is 5.26. The van der Waals surface area contributed by atoms with Crippen molar-refractivity contribution in [2.45, 2.75) is 64.2 Å². The molecule has 0 atom stereocenters. The van der Waals surface area contributed by atoms with Crippen LogP contribution < -0.4 is 20.2 Å². The van der Waals surface area contributed by atoms with Gasteiger partial charge in [-0.2, -0.15) is 0 Å². The molecule has 0 radical (unpaired) electrons. The second kappa shape index (κ2) is 7.89. The van der Waals surface area contributed by atoms with Gasteiger partial charge in [-0.25, -0.2) is 0 Å². The summed E-state index contributed by atoms with van der Waals surface area (Å²) in [5.74, 6) is 1.44. The molecule has 0 amide bonds. The van der Waals surface area contributed by atoms with Crippen LogP contribution in [0.3, 0.4) is 0 Å². The van der Waals surface area contributed by atoms with E-state index in [-0.39, 0.29) is 16.5 Å². The third-order valence-corrected chi connectivity index (χ3v) is 6.83. The number of ether oxygens (including phenoxy) is 2. The average molecular weight is 449 g/mol. The van der Waals surface area contributed by atoms with Crippen LogP contribution in [0.5, 0.6) is 11.5 Å². The molecule has 2 aromatic carbocycles. The highest BCUT2D eigenvalue weighted by molar-refractivity contribution is 5.86. The molecule has 5 rings (SSSR count). The zero-order chi connectivity index (χ0) is 23.4. The molecule has 0 bridgehead atoms. The summed E-state index contributed by atoms with van der Waals surface area (Å²) in [5.41, 5.74) is 2.79. The third-order valence-electron chi connectivity index (χ3n) is 6.83. The van der Waals surface area contributed by atoms with Crippen LogP contribution in [0.1, 0.15) is 46.1 Å². The monoisotopic (exact) mass is 448 g/mol. The maximum atomic E-state index is 13.5. The molecule has 0 spiro atoms. The molecule has 0 saturated carbocycles. The van der Waals surface area contributed by atoms with Crippen molar-refractivity contribution in [2.24, 2.45) is 0 Å². The van der Waals surface area contributed by atoms with Gasteiger partial charge in [-0.15, -0.1) is 0 Å². The van der Waals surface area contributed by atoms with E-state index >= 15 is 0 Å². The first kappa shape index (κ1) is 22.0. The van der Waals surface area contributed by atoms with E-state index in [1.165, 1.54) is 0 Å². The molecule has 6 heteroatoms. The number of nitrogens with one attached hydrogen (secondary N) is 1. The molecule has 1 N–H and O–H groups in total. The van der Waals surface area contributed by atoms with Gasteiger partial charge in [-0.05, 0) is 58.7 Å². The maximum absolute atomic E-state index is 13.5. The fourth-order valence-electron chi connectivity index (χ4n) is 5.74. The van der Waals surface area contributed by atoms with Gasteiger partial charge >= 0.3 is 0 Å². The standard InChI is InChI=1S/C27H32N2O4/c1-26(2)12-17(13-27(3,4)28-26)29-14-20-23(33-16-29)11-10-19-24(30)21(15-32-25(19)20)18-8-6-7-9-22(18)31-5/h6-11,15,17,28H,12-14,16H2,1-5H3. The van der Waals surface area contributed by atoms with Crippen molar-refractivity contribution in [3.63, 3.8) is 0 Å². The van der Waals surface area contributed by atoms with Crippen molar-refractivity contribution in [3.05, 3.63) is 58.4 Å². The predicted octanol–water partition coefficient (Wildman–Crippen LogP) is 4.93. The fourth-order valence-corrected chi connectivity index (χ4v) is 5.74. The number of rotatable bonds is 3. The van der Waals surface area contributed by atoms with Crippen LogP contribution in [-0.2, 0) is 6.54 Å². The molecule has 1 saturated heterocycles. The first-order valence-electron chi connectivity index (χ1n) is 11.5. The van der Waals surface area contributed by atoms with Crippen LogP contribution in [0.25, 0.3) is 22.1 Å². The lowest BCUT2D eigenvalue weighted by Gasteiger charge is -2.50. The summed E-state index contributed by atoms with van der Waals surface area (Å²) < 4.78 is 17.7. The van der Waals surface area contributed by atoms with Gasteiger partial charge in [0, 0.05) is 29.2 Å². The minimum Gasteiger partial charge on any atom is -0.496 e. The third kappa shape index (κ3) is 4.02. The molecular formula is C27H32N2O4. The Labute approximate surface area is 194 Å². The van der Waals surface area contributed by atoms with Crippen LogP contribution in [0.2, 0.25) is 0 Å².